The van der Waals surface area contributed by atoms with E-state index in [1.807, 2.05) is 10.3 Å². The summed E-state index contributed by atoms with van der Waals surface area (Å²) in [5.74, 6) is -0.0696. The Labute approximate surface area is 204 Å². The standard InChI is InChI=1S/C25H23FN4O2S2/c1-16-3-2-4-19(13-16)29-9-11-30(12-10-29)21(31)15-34-25-27-23(32)22-20(14-33-24(22)28-25)17-5-7-18(26)8-6-17/h2-8,13-14H,9-12,15H2,1H3,(H,27,28,32). The number of aromatic nitrogens is 2. The number of aryl methyl sites for hydroxylation is 1. The van der Waals surface area contributed by atoms with E-state index in [4.69, 9.17) is 0 Å². The van der Waals surface area contributed by atoms with Crippen LogP contribution in [0.1, 0.15) is 5.56 Å². The van der Waals surface area contributed by atoms with E-state index >= 15 is 0 Å². The van der Waals surface area contributed by atoms with E-state index in [1.165, 1.54) is 46.5 Å². The monoisotopic (exact) mass is 494 g/mol. The Morgan fingerprint density at radius 1 is 1.15 bits per heavy atom. The van der Waals surface area contributed by atoms with Gasteiger partial charge in [0.2, 0.25) is 5.91 Å². The smallest absolute Gasteiger partial charge is 0.260 e. The van der Waals surface area contributed by atoms with Gasteiger partial charge in [0.05, 0.1) is 11.1 Å². The molecule has 2 aromatic carbocycles. The number of benzene rings is 2. The Bertz CT molecular complexity index is 1390. The molecule has 5 rings (SSSR count). The molecule has 174 valence electrons. The Morgan fingerprint density at radius 3 is 2.65 bits per heavy atom. The van der Waals surface area contributed by atoms with Crippen molar-refractivity contribution in [3.63, 3.8) is 0 Å². The van der Waals surface area contributed by atoms with Crippen molar-refractivity contribution in [3.8, 4) is 11.1 Å². The lowest BCUT2D eigenvalue weighted by Gasteiger charge is -2.36. The van der Waals surface area contributed by atoms with Gasteiger partial charge in [-0.2, -0.15) is 0 Å². The lowest BCUT2D eigenvalue weighted by Crippen LogP contribution is -2.49. The number of nitrogens with one attached hydrogen (secondary N) is 1. The molecular formula is C25H23FN4O2S2. The van der Waals surface area contributed by atoms with Crippen molar-refractivity contribution in [2.75, 3.05) is 36.8 Å². The largest absolute Gasteiger partial charge is 0.368 e. The SMILES string of the molecule is Cc1cccc(N2CCN(C(=O)CSc3nc4scc(-c5ccc(F)cc5)c4c(=O)[nH]3)CC2)c1. The van der Waals surface area contributed by atoms with Gasteiger partial charge >= 0.3 is 0 Å². The average molecular weight is 495 g/mol. The fourth-order valence-electron chi connectivity index (χ4n) is 4.10. The van der Waals surface area contributed by atoms with Crippen molar-refractivity contribution in [3.05, 3.63) is 75.6 Å². The summed E-state index contributed by atoms with van der Waals surface area (Å²) in [6.07, 6.45) is 0. The van der Waals surface area contributed by atoms with Gasteiger partial charge < -0.3 is 14.8 Å². The van der Waals surface area contributed by atoms with E-state index in [-0.39, 0.29) is 23.0 Å². The molecule has 0 atom stereocenters. The summed E-state index contributed by atoms with van der Waals surface area (Å²) in [6.45, 7) is 5.01. The molecule has 0 bridgehead atoms. The Hall–Kier alpha value is -3.17. The molecular weight excluding hydrogens is 471 g/mol. The first-order valence-corrected chi connectivity index (χ1v) is 12.8. The highest BCUT2D eigenvalue weighted by atomic mass is 32.2. The predicted molar refractivity (Wildman–Crippen MR) is 136 cm³/mol. The lowest BCUT2D eigenvalue weighted by molar-refractivity contribution is -0.128. The third-order valence-electron chi connectivity index (χ3n) is 5.91. The van der Waals surface area contributed by atoms with Crippen LogP contribution in [0.4, 0.5) is 10.1 Å². The number of thioether (sulfide) groups is 1. The fourth-order valence-corrected chi connectivity index (χ4v) is 5.87. The zero-order chi connectivity index (χ0) is 23.7. The zero-order valence-electron chi connectivity index (χ0n) is 18.6. The number of carbonyl (C=O) groups excluding carboxylic acids is 1. The summed E-state index contributed by atoms with van der Waals surface area (Å²) in [6, 6.07) is 14.4. The van der Waals surface area contributed by atoms with Gasteiger partial charge in [-0.05, 0) is 42.3 Å². The highest BCUT2D eigenvalue weighted by Gasteiger charge is 2.22. The number of thiophene rings is 1. The van der Waals surface area contributed by atoms with Crippen LogP contribution in [0, 0.1) is 12.7 Å². The lowest BCUT2D eigenvalue weighted by atomic mass is 10.1. The number of anilines is 1. The molecule has 9 heteroatoms. The van der Waals surface area contributed by atoms with Gasteiger partial charge in [-0.25, -0.2) is 9.37 Å². The Kier molecular flexibility index (Phi) is 6.38. The molecule has 1 aliphatic rings. The van der Waals surface area contributed by atoms with Gasteiger partial charge in [-0.3, -0.25) is 9.59 Å². The van der Waals surface area contributed by atoms with Crippen molar-refractivity contribution in [2.45, 2.75) is 12.1 Å². The van der Waals surface area contributed by atoms with E-state index in [9.17, 15) is 14.0 Å². The topological polar surface area (TPSA) is 69.3 Å². The van der Waals surface area contributed by atoms with Crippen LogP contribution in [0.15, 0.2) is 63.9 Å². The molecule has 3 heterocycles. The number of halogens is 1. The van der Waals surface area contributed by atoms with Gasteiger partial charge in [-0.1, -0.05) is 36.0 Å². The average Bonchev–Trinajstić information content (AvgIpc) is 3.28. The van der Waals surface area contributed by atoms with Crippen molar-refractivity contribution in [2.24, 2.45) is 0 Å². The van der Waals surface area contributed by atoms with Crippen molar-refractivity contribution in [1.82, 2.24) is 14.9 Å². The normalized spacial score (nSPS) is 14.1. The van der Waals surface area contributed by atoms with Crippen LogP contribution in [0.3, 0.4) is 0 Å². The molecule has 4 aromatic rings. The molecule has 0 unspecified atom stereocenters. The maximum Gasteiger partial charge on any atom is 0.260 e. The molecule has 2 aromatic heterocycles. The fraction of sp³-hybridized carbons (Fsp3) is 0.240. The zero-order valence-corrected chi connectivity index (χ0v) is 20.2. The molecule has 1 saturated heterocycles. The van der Waals surface area contributed by atoms with Gasteiger partial charge in [0.1, 0.15) is 10.6 Å². The molecule has 0 saturated carbocycles. The highest BCUT2D eigenvalue weighted by Crippen LogP contribution is 2.31. The molecule has 6 nitrogen and oxygen atoms in total. The molecule has 1 aliphatic heterocycles. The number of piperazine rings is 1. The second-order valence-electron chi connectivity index (χ2n) is 8.20. The quantitative estimate of drug-likeness (QED) is 0.326. The van der Waals surface area contributed by atoms with Crippen LogP contribution in [0.2, 0.25) is 0 Å². The number of fused-ring (bicyclic) bond motifs is 1. The molecule has 1 N–H and O–H groups in total. The van der Waals surface area contributed by atoms with E-state index in [0.29, 0.717) is 28.5 Å². The number of nitrogens with zero attached hydrogens (tertiary/aromatic N) is 3. The van der Waals surface area contributed by atoms with Gasteiger partial charge in [0.15, 0.2) is 5.16 Å². The van der Waals surface area contributed by atoms with Crippen LogP contribution in [-0.2, 0) is 4.79 Å². The Morgan fingerprint density at radius 2 is 1.91 bits per heavy atom. The summed E-state index contributed by atoms with van der Waals surface area (Å²) in [5, 5.41) is 2.77. The number of hydrogen-bond donors (Lipinski definition) is 1. The minimum Gasteiger partial charge on any atom is -0.368 e. The number of amides is 1. The first kappa shape index (κ1) is 22.6. The molecule has 0 radical (unpaired) electrons. The van der Waals surface area contributed by atoms with Crippen LogP contribution in [0.25, 0.3) is 21.3 Å². The van der Waals surface area contributed by atoms with Crippen LogP contribution in [0.5, 0.6) is 0 Å². The summed E-state index contributed by atoms with van der Waals surface area (Å²) in [7, 11) is 0. The van der Waals surface area contributed by atoms with Gasteiger partial charge in [-0.15, -0.1) is 11.3 Å². The number of H-pyrrole nitrogens is 1. The van der Waals surface area contributed by atoms with E-state index in [2.05, 4.69) is 46.1 Å². The van der Waals surface area contributed by atoms with Crippen molar-refractivity contribution >= 4 is 44.9 Å². The Balaban J connectivity index is 1.22. The summed E-state index contributed by atoms with van der Waals surface area (Å²) < 4.78 is 13.3. The van der Waals surface area contributed by atoms with Crippen molar-refractivity contribution in [1.29, 1.82) is 0 Å². The van der Waals surface area contributed by atoms with Crippen molar-refractivity contribution < 1.29 is 9.18 Å². The number of rotatable bonds is 5. The second-order valence-corrected chi connectivity index (χ2v) is 10.0. The second kappa shape index (κ2) is 9.60. The number of aromatic amines is 1. The highest BCUT2D eigenvalue weighted by molar-refractivity contribution is 7.99. The van der Waals surface area contributed by atoms with E-state index < -0.39 is 0 Å². The third kappa shape index (κ3) is 4.71. The van der Waals surface area contributed by atoms with Crippen LogP contribution in [-0.4, -0.2) is 52.7 Å². The summed E-state index contributed by atoms with van der Waals surface area (Å²) >= 11 is 2.61. The predicted octanol–water partition coefficient (Wildman–Crippen LogP) is 4.54. The van der Waals surface area contributed by atoms with Crippen LogP contribution >= 0.6 is 23.1 Å². The summed E-state index contributed by atoms with van der Waals surface area (Å²) in [4.78, 5) is 37.7. The molecule has 0 aliphatic carbocycles. The first-order valence-electron chi connectivity index (χ1n) is 11.0. The van der Waals surface area contributed by atoms with Gasteiger partial charge in [0, 0.05) is 42.8 Å². The maximum atomic E-state index is 13.3. The van der Waals surface area contributed by atoms with E-state index in [0.717, 1.165) is 24.2 Å². The molecule has 0 spiro atoms. The first-order chi connectivity index (χ1) is 16.5. The number of hydrogen-bond acceptors (Lipinski definition) is 6. The molecule has 1 amide bonds. The maximum absolute atomic E-state index is 13.3. The summed E-state index contributed by atoms with van der Waals surface area (Å²) in [5.41, 5.74) is 3.65. The van der Waals surface area contributed by atoms with Gasteiger partial charge in [0.25, 0.3) is 5.56 Å². The molecule has 34 heavy (non-hydrogen) atoms. The minimum atomic E-state index is -0.324. The third-order valence-corrected chi connectivity index (χ3v) is 7.64. The minimum absolute atomic E-state index is 0.0369. The van der Waals surface area contributed by atoms with E-state index in [1.54, 1.807) is 12.1 Å². The number of carbonyl (C=O) groups is 1. The molecule has 1 fully saturated rings. The van der Waals surface area contributed by atoms with Crippen LogP contribution < -0.4 is 10.5 Å².